The van der Waals surface area contributed by atoms with E-state index in [9.17, 15) is 5.11 Å². The minimum Gasteiger partial charge on any atom is -0.496 e. The number of rotatable bonds is 5. The molecule has 0 unspecified atom stereocenters. The molecule has 0 saturated heterocycles. The lowest BCUT2D eigenvalue weighted by Crippen LogP contribution is -2.03. The molecular weight excluding hydrogens is 264 g/mol. The van der Waals surface area contributed by atoms with Crippen molar-refractivity contribution in [3.8, 4) is 11.5 Å². The van der Waals surface area contributed by atoms with E-state index in [1.54, 1.807) is 7.11 Å². The number of aryl methyl sites for hydroxylation is 2. The fraction of sp³-hybridized carbons (Fsp3) is 0.333. The third kappa shape index (κ3) is 3.37. The van der Waals surface area contributed by atoms with Gasteiger partial charge in [0, 0.05) is 5.56 Å². The predicted octanol–water partition coefficient (Wildman–Crippen LogP) is 3.69. The molecule has 112 valence electrons. The first-order valence-corrected chi connectivity index (χ1v) is 7.03. The van der Waals surface area contributed by atoms with Crippen LogP contribution < -0.4 is 9.47 Å². The van der Waals surface area contributed by atoms with Crippen LogP contribution in [0.2, 0.25) is 0 Å². The zero-order valence-electron chi connectivity index (χ0n) is 13.1. The van der Waals surface area contributed by atoms with Gasteiger partial charge in [0.1, 0.15) is 18.1 Å². The van der Waals surface area contributed by atoms with Crippen LogP contribution in [0.4, 0.5) is 0 Å². The second kappa shape index (κ2) is 6.64. The Labute approximate surface area is 126 Å². The largest absolute Gasteiger partial charge is 0.496 e. The summed E-state index contributed by atoms with van der Waals surface area (Å²) in [5.41, 5.74) is 5.28. The molecule has 0 fully saturated rings. The second-order valence-electron chi connectivity index (χ2n) is 5.25. The first-order valence-electron chi connectivity index (χ1n) is 7.03. The normalized spacial score (nSPS) is 10.5. The molecule has 0 aliphatic rings. The zero-order chi connectivity index (χ0) is 15.4. The lowest BCUT2D eigenvalue weighted by atomic mass is 10.1. The van der Waals surface area contributed by atoms with Crippen molar-refractivity contribution >= 4 is 0 Å². The van der Waals surface area contributed by atoms with E-state index in [1.165, 1.54) is 5.56 Å². The summed E-state index contributed by atoms with van der Waals surface area (Å²) in [5, 5.41) is 9.25. The number of hydrogen-bond acceptors (Lipinski definition) is 3. The van der Waals surface area contributed by atoms with Crippen LogP contribution in [0.15, 0.2) is 30.3 Å². The number of methoxy groups -OCH3 is 1. The van der Waals surface area contributed by atoms with E-state index in [4.69, 9.17) is 9.47 Å². The molecule has 2 rings (SSSR count). The van der Waals surface area contributed by atoms with E-state index in [0.717, 1.165) is 33.8 Å². The topological polar surface area (TPSA) is 38.7 Å². The number of ether oxygens (including phenoxy) is 2. The van der Waals surface area contributed by atoms with Gasteiger partial charge >= 0.3 is 0 Å². The van der Waals surface area contributed by atoms with Crippen molar-refractivity contribution in [1.29, 1.82) is 0 Å². The molecule has 0 aromatic heterocycles. The molecular formula is C18H22O3. The highest BCUT2D eigenvalue weighted by molar-refractivity contribution is 5.45. The highest BCUT2D eigenvalue weighted by Gasteiger charge is 2.09. The van der Waals surface area contributed by atoms with Gasteiger partial charge < -0.3 is 14.6 Å². The summed E-state index contributed by atoms with van der Waals surface area (Å²) in [6.07, 6.45) is 0. The van der Waals surface area contributed by atoms with Crippen LogP contribution in [0.3, 0.4) is 0 Å². The molecule has 21 heavy (non-hydrogen) atoms. The number of benzene rings is 2. The van der Waals surface area contributed by atoms with E-state index in [-0.39, 0.29) is 6.61 Å². The number of hydrogen-bond donors (Lipinski definition) is 1. The highest BCUT2D eigenvalue weighted by atomic mass is 16.5. The summed E-state index contributed by atoms with van der Waals surface area (Å²) < 4.78 is 11.4. The third-order valence-corrected chi connectivity index (χ3v) is 3.77. The molecule has 0 radical (unpaired) electrons. The molecule has 0 aliphatic carbocycles. The maximum Gasteiger partial charge on any atom is 0.125 e. The van der Waals surface area contributed by atoms with E-state index >= 15 is 0 Å². The van der Waals surface area contributed by atoms with Gasteiger partial charge in [0.05, 0.1) is 13.7 Å². The van der Waals surface area contributed by atoms with Crippen molar-refractivity contribution in [1.82, 2.24) is 0 Å². The first-order chi connectivity index (χ1) is 10.1. The lowest BCUT2D eigenvalue weighted by Gasteiger charge is -2.16. The van der Waals surface area contributed by atoms with Gasteiger partial charge in [-0.15, -0.1) is 0 Å². The Balaban J connectivity index is 2.26. The summed E-state index contributed by atoms with van der Waals surface area (Å²) in [4.78, 5) is 0. The minimum atomic E-state index is 0.0134. The highest BCUT2D eigenvalue weighted by Crippen LogP contribution is 2.28. The molecule has 2 aromatic carbocycles. The minimum absolute atomic E-state index is 0.0134. The van der Waals surface area contributed by atoms with Gasteiger partial charge in [-0.25, -0.2) is 0 Å². The van der Waals surface area contributed by atoms with Crippen molar-refractivity contribution in [3.05, 3.63) is 58.1 Å². The van der Waals surface area contributed by atoms with Gasteiger partial charge in [-0.05, 0) is 55.2 Å². The molecule has 0 heterocycles. The van der Waals surface area contributed by atoms with Gasteiger partial charge in [0.15, 0.2) is 0 Å². The van der Waals surface area contributed by atoms with Gasteiger partial charge in [0.25, 0.3) is 0 Å². The molecule has 1 N–H and O–H groups in total. The zero-order valence-corrected chi connectivity index (χ0v) is 13.1. The Hall–Kier alpha value is -2.00. The molecule has 0 aliphatic heterocycles. The Morgan fingerprint density at radius 1 is 1.00 bits per heavy atom. The molecule has 0 amide bonds. The summed E-state index contributed by atoms with van der Waals surface area (Å²) >= 11 is 0. The van der Waals surface area contributed by atoms with Gasteiger partial charge in [-0.1, -0.05) is 18.2 Å². The quantitative estimate of drug-likeness (QED) is 0.911. The first kappa shape index (κ1) is 15.4. The summed E-state index contributed by atoms with van der Waals surface area (Å²) in [5.74, 6) is 1.70. The standard InChI is InChI=1S/C18H22O3/c1-12-5-6-13(2)18(14(12)3)21-11-16-9-15(10-19)7-8-17(16)20-4/h5-9,19H,10-11H2,1-4H3. The molecule has 0 saturated carbocycles. The smallest absolute Gasteiger partial charge is 0.125 e. The molecule has 3 nitrogen and oxygen atoms in total. The Bertz CT molecular complexity index is 633. The number of aliphatic hydroxyl groups excluding tert-OH is 1. The predicted molar refractivity (Wildman–Crippen MR) is 83.9 cm³/mol. The van der Waals surface area contributed by atoms with Crippen LogP contribution >= 0.6 is 0 Å². The van der Waals surface area contributed by atoms with Gasteiger partial charge in [-0.2, -0.15) is 0 Å². The average molecular weight is 286 g/mol. The van der Waals surface area contributed by atoms with Gasteiger partial charge in [0.2, 0.25) is 0 Å². The number of aliphatic hydroxyl groups is 1. The molecule has 3 heteroatoms. The van der Waals surface area contributed by atoms with Crippen LogP contribution in [-0.2, 0) is 13.2 Å². The van der Waals surface area contributed by atoms with E-state index in [1.807, 2.05) is 25.1 Å². The van der Waals surface area contributed by atoms with Crippen molar-refractivity contribution in [2.45, 2.75) is 34.0 Å². The van der Waals surface area contributed by atoms with Crippen molar-refractivity contribution in [2.75, 3.05) is 7.11 Å². The van der Waals surface area contributed by atoms with Crippen molar-refractivity contribution in [3.63, 3.8) is 0 Å². The lowest BCUT2D eigenvalue weighted by molar-refractivity contribution is 0.278. The fourth-order valence-corrected chi connectivity index (χ4v) is 2.34. The van der Waals surface area contributed by atoms with Crippen molar-refractivity contribution < 1.29 is 14.6 Å². The summed E-state index contributed by atoms with van der Waals surface area (Å²) in [6.45, 7) is 6.62. The van der Waals surface area contributed by atoms with E-state index < -0.39 is 0 Å². The van der Waals surface area contributed by atoms with Gasteiger partial charge in [-0.3, -0.25) is 0 Å². The summed E-state index contributed by atoms with van der Waals surface area (Å²) in [6, 6.07) is 9.80. The molecule has 2 aromatic rings. The molecule has 0 spiro atoms. The maximum atomic E-state index is 9.25. The molecule has 0 atom stereocenters. The monoisotopic (exact) mass is 286 g/mol. The average Bonchev–Trinajstić information content (AvgIpc) is 2.50. The SMILES string of the molecule is COc1ccc(CO)cc1COc1c(C)ccc(C)c1C. The van der Waals surface area contributed by atoms with E-state index in [0.29, 0.717) is 6.61 Å². The van der Waals surface area contributed by atoms with Crippen LogP contribution in [0.25, 0.3) is 0 Å². The maximum absolute atomic E-state index is 9.25. The Morgan fingerprint density at radius 2 is 1.71 bits per heavy atom. The third-order valence-electron chi connectivity index (χ3n) is 3.77. The van der Waals surface area contributed by atoms with Crippen LogP contribution in [0, 0.1) is 20.8 Å². The summed E-state index contributed by atoms with van der Waals surface area (Å²) in [7, 11) is 1.64. The van der Waals surface area contributed by atoms with Crippen LogP contribution in [0.5, 0.6) is 11.5 Å². The Kier molecular flexibility index (Phi) is 4.86. The van der Waals surface area contributed by atoms with Crippen LogP contribution in [0.1, 0.15) is 27.8 Å². The Morgan fingerprint density at radius 3 is 2.38 bits per heavy atom. The fourth-order valence-electron chi connectivity index (χ4n) is 2.34. The molecule has 0 bridgehead atoms. The second-order valence-corrected chi connectivity index (χ2v) is 5.25. The van der Waals surface area contributed by atoms with Crippen molar-refractivity contribution in [2.24, 2.45) is 0 Å². The van der Waals surface area contributed by atoms with Crippen LogP contribution in [-0.4, -0.2) is 12.2 Å². The van der Waals surface area contributed by atoms with E-state index in [2.05, 4.69) is 26.0 Å².